The van der Waals surface area contributed by atoms with Gasteiger partial charge in [-0.1, -0.05) is 287 Å². The number of allylic oxidation sites excluding steroid dienone is 10. The minimum Gasteiger partial charge on any atom is -0.462 e. The van der Waals surface area contributed by atoms with Crippen LogP contribution >= 0.6 is 0 Å². The first-order chi connectivity index (χ1) is 36.0. The Morgan fingerprint density at radius 2 is 0.534 bits per heavy atom. The molecule has 0 aromatic rings. The molecule has 1 atom stereocenters. The van der Waals surface area contributed by atoms with Gasteiger partial charge in [0, 0.05) is 19.3 Å². The molecule has 0 heterocycles. The predicted molar refractivity (Wildman–Crippen MR) is 316 cm³/mol. The van der Waals surface area contributed by atoms with Crippen LogP contribution in [-0.4, -0.2) is 37.2 Å². The molecule has 0 aliphatic carbocycles. The third kappa shape index (κ3) is 59.9. The highest BCUT2D eigenvalue weighted by molar-refractivity contribution is 5.71. The molecule has 0 fully saturated rings. The summed E-state index contributed by atoms with van der Waals surface area (Å²) in [6.07, 6.45) is 77.9. The van der Waals surface area contributed by atoms with Crippen molar-refractivity contribution in [3.63, 3.8) is 0 Å². The van der Waals surface area contributed by atoms with E-state index in [0.29, 0.717) is 19.3 Å². The standard InChI is InChI=1S/C67H120O6/c1-4-7-10-13-16-19-22-25-28-30-31-32-33-34-35-37-39-42-45-48-51-54-57-60-66(69)72-63-64(62-71-65(68)59-56-53-50-47-44-41-38-27-24-21-18-15-12-9-6-3)73-67(70)61-58-55-52-49-46-43-40-36-29-26-23-20-17-14-11-8-5-2/h8,11,17,20,22,25-26,29-31,64H,4-7,9-10,12-16,18-19,21,23-24,27-28,32-63H2,1-3H3/b11-8-,20-17-,25-22-,29-26-,31-30-. The Morgan fingerprint density at radius 1 is 0.288 bits per heavy atom. The van der Waals surface area contributed by atoms with Crippen LogP contribution in [0.3, 0.4) is 0 Å². The largest absolute Gasteiger partial charge is 0.462 e. The van der Waals surface area contributed by atoms with E-state index >= 15 is 0 Å². The zero-order valence-corrected chi connectivity index (χ0v) is 48.7. The normalized spacial score (nSPS) is 12.4. The molecule has 0 aromatic heterocycles. The van der Waals surface area contributed by atoms with E-state index in [-0.39, 0.29) is 31.1 Å². The number of unbranched alkanes of at least 4 members (excludes halogenated alkanes) is 37. The summed E-state index contributed by atoms with van der Waals surface area (Å²) in [4.78, 5) is 38.3. The minimum atomic E-state index is -0.779. The van der Waals surface area contributed by atoms with Gasteiger partial charge in [0.15, 0.2) is 6.10 Å². The molecule has 0 saturated carbocycles. The average Bonchev–Trinajstić information content (AvgIpc) is 3.39. The maximum Gasteiger partial charge on any atom is 0.306 e. The monoisotopic (exact) mass is 1020 g/mol. The minimum absolute atomic E-state index is 0.0755. The molecule has 0 rings (SSSR count). The van der Waals surface area contributed by atoms with E-state index in [1.165, 1.54) is 199 Å². The number of ether oxygens (including phenoxy) is 3. The van der Waals surface area contributed by atoms with E-state index in [0.717, 1.165) is 89.9 Å². The van der Waals surface area contributed by atoms with Gasteiger partial charge in [0.1, 0.15) is 13.2 Å². The van der Waals surface area contributed by atoms with E-state index in [4.69, 9.17) is 14.2 Å². The van der Waals surface area contributed by atoms with Crippen LogP contribution in [0.5, 0.6) is 0 Å². The molecule has 0 radical (unpaired) electrons. The van der Waals surface area contributed by atoms with Crippen molar-refractivity contribution in [1.82, 2.24) is 0 Å². The molecule has 6 nitrogen and oxygen atoms in total. The third-order valence-corrected chi connectivity index (χ3v) is 14.0. The van der Waals surface area contributed by atoms with Crippen LogP contribution in [0.1, 0.15) is 329 Å². The fourth-order valence-electron chi connectivity index (χ4n) is 9.25. The number of carbonyl (C=O) groups is 3. The van der Waals surface area contributed by atoms with Crippen LogP contribution in [0.2, 0.25) is 0 Å². The summed E-state index contributed by atoms with van der Waals surface area (Å²) in [7, 11) is 0. The number of rotatable bonds is 58. The van der Waals surface area contributed by atoms with E-state index in [1.807, 2.05) is 0 Å². The van der Waals surface area contributed by atoms with E-state index < -0.39 is 6.10 Å². The fraction of sp³-hybridized carbons (Fsp3) is 0.806. The molecule has 424 valence electrons. The quantitative estimate of drug-likeness (QED) is 0.0261. The van der Waals surface area contributed by atoms with Gasteiger partial charge in [0.25, 0.3) is 0 Å². The van der Waals surface area contributed by atoms with Crippen molar-refractivity contribution in [3.05, 3.63) is 60.8 Å². The summed E-state index contributed by atoms with van der Waals surface area (Å²) < 4.78 is 16.9. The summed E-state index contributed by atoms with van der Waals surface area (Å²) in [6.45, 7) is 6.56. The highest BCUT2D eigenvalue weighted by Crippen LogP contribution is 2.17. The van der Waals surface area contributed by atoms with E-state index in [1.54, 1.807) is 0 Å². The molecule has 0 amide bonds. The Morgan fingerprint density at radius 3 is 0.836 bits per heavy atom. The van der Waals surface area contributed by atoms with Crippen molar-refractivity contribution in [1.29, 1.82) is 0 Å². The molecule has 1 unspecified atom stereocenters. The summed E-state index contributed by atoms with van der Waals surface area (Å²) in [6, 6.07) is 0. The lowest BCUT2D eigenvalue weighted by Gasteiger charge is -2.18. The van der Waals surface area contributed by atoms with E-state index in [9.17, 15) is 14.4 Å². The number of hydrogen-bond donors (Lipinski definition) is 0. The van der Waals surface area contributed by atoms with Gasteiger partial charge >= 0.3 is 17.9 Å². The van der Waals surface area contributed by atoms with Gasteiger partial charge in [-0.15, -0.1) is 0 Å². The zero-order valence-electron chi connectivity index (χ0n) is 48.7. The average molecular weight is 1020 g/mol. The van der Waals surface area contributed by atoms with Gasteiger partial charge in [0.2, 0.25) is 0 Å². The van der Waals surface area contributed by atoms with Crippen LogP contribution in [0.25, 0.3) is 0 Å². The topological polar surface area (TPSA) is 78.9 Å². The summed E-state index contributed by atoms with van der Waals surface area (Å²) >= 11 is 0. The summed E-state index contributed by atoms with van der Waals surface area (Å²) in [5.74, 6) is -0.869. The predicted octanol–water partition coefficient (Wildman–Crippen LogP) is 21.6. The van der Waals surface area contributed by atoms with Crippen LogP contribution in [0.15, 0.2) is 60.8 Å². The second-order valence-corrected chi connectivity index (χ2v) is 21.3. The first-order valence-corrected chi connectivity index (χ1v) is 31.8. The van der Waals surface area contributed by atoms with Crippen LogP contribution < -0.4 is 0 Å². The Hall–Kier alpha value is -2.89. The van der Waals surface area contributed by atoms with Crippen LogP contribution in [0.4, 0.5) is 0 Å². The number of esters is 3. The van der Waals surface area contributed by atoms with Crippen molar-refractivity contribution in [2.75, 3.05) is 13.2 Å². The lowest BCUT2D eigenvalue weighted by atomic mass is 10.0. The maximum absolute atomic E-state index is 12.9. The zero-order chi connectivity index (χ0) is 52.9. The Kier molecular flexibility index (Phi) is 59.2. The van der Waals surface area contributed by atoms with Crippen LogP contribution in [0, 0.1) is 0 Å². The van der Waals surface area contributed by atoms with Gasteiger partial charge in [0.05, 0.1) is 0 Å². The van der Waals surface area contributed by atoms with Gasteiger partial charge in [-0.3, -0.25) is 14.4 Å². The first kappa shape index (κ1) is 70.1. The molecule has 0 saturated heterocycles. The molecular formula is C67H120O6. The van der Waals surface area contributed by atoms with Gasteiger partial charge < -0.3 is 14.2 Å². The van der Waals surface area contributed by atoms with Crippen molar-refractivity contribution in [2.24, 2.45) is 0 Å². The van der Waals surface area contributed by atoms with Crippen LogP contribution in [-0.2, 0) is 28.6 Å². The summed E-state index contributed by atoms with van der Waals surface area (Å²) in [5.41, 5.74) is 0. The second kappa shape index (κ2) is 61.7. The van der Waals surface area contributed by atoms with E-state index in [2.05, 4.69) is 81.5 Å². The molecule has 0 aliphatic heterocycles. The maximum atomic E-state index is 12.9. The fourth-order valence-corrected chi connectivity index (χ4v) is 9.25. The van der Waals surface area contributed by atoms with Crippen molar-refractivity contribution >= 4 is 17.9 Å². The Bertz CT molecular complexity index is 1310. The first-order valence-electron chi connectivity index (χ1n) is 31.8. The van der Waals surface area contributed by atoms with Gasteiger partial charge in [-0.05, 0) is 83.5 Å². The highest BCUT2D eigenvalue weighted by atomic mass is 16.6. The van der Waals surface area contributed by atoms with Gasteiger partial charge in [-0.25, -0.2) is 0 Å². The van der Waals surface area contributed by atoms with Crippen molar-refractivity contribution < 1.29 is 28.6 Å². The number of carbonyl (C=O) groups excluding carboxylic acids is 3. The molecule has 73 heavy (non-hydrogen) atoms. The molecular weight excluding hydrogens is 901 g/mol. The lowest BCUT2D eigenvalue weighted by molar-refractivity contribution is -0.167. The molecule has 6 heteroatoms. The molecule has 0 bridgehead atoms. The SMILES string of the molecule is CC/C=C\C/C=C\C/C=C\CCCCCCCCCC(=O)OC(COC(=O)CCCCCCCCCCCCC/C=C\C/C=C\CCCCCCC)COC(=O)CCCCCCCCCCCCCCCCC. The molecule has 0 spiro atoms. The summed E-state index contributed by atoms with van der Waals surface area (Å²) in [5, 5.41) is 0. The third-order valence-electron chi connectivity index (χ3n) is 14.0. The number of hydrogen-bond acceptors (Lipinski definition) is 6. The molecule has 0 aromatic carbocycles. The van der Waals surface area contributed by atoms with Crippen molar-refractivity contribution in [3.8, 4) is 0 Å². The molecule has 0 aliphatic rings. The Balaban J connectivity index is 4.32. The molecule has 0 N–H and O–H groups in total. The van der Waals surface area contributed by atoms with Crippen molar-refractivity contribution in [2.45, 2.75) is 335 Å². The van der Waals surface area contributed by atoms with Gasteiger partial charge in [-0.2, -0.15) is 0 Å². The highest BCUT2D eigenvalue weighted by Gasteiger charge is 2.19. The second-order valence-electron chi connectivity index (χ2n) is 21.3. The smallest absolute Gasteiger partial charge is 0.306 e. The Labute approximate surface area is 453 Å². The lowest BCUT2D eigenvalue weighted by Crippen LogP contribution is -2.30.